The van der Waals surface area contributed by atoms with E-state index in [0.29, 0.717) is 16.2 Å². The molecule has 1 N–H and O–H groups in total. The molecule has 1 aromatic heterocycles. The number of anilines is 1. The second-order valence-electron chi connectivity index (χ2n) is 4.21. The molecule has 0 amide bonds. The normalized spacial score (nSPS) is 24.0. The molecule has 0 atom stereocenters. The lowest BCUT2D eigenvalue weighted by Crippen LogP contribution is -2.37. The van der Waals surface area contributed by atoms with Crippen molar-refractivity contribution >= 4 is 28.9 Å². The van der Waals surface area contributed by atoms with Crippen molar-refractivity contribution in [1.29, 1.82) is 0 Å². The molecule has 0 saturated heterocycles. The Morgan fingerprint density at radius 1 is 1.44 bits per heavy atom. The highest BCUT2D eigenvalue weighted by atomic mass is 35.5. The molecule has 88 valence electrons. The van der Waals surface area contributed by atoms with Gasteiger partial charge >= 0.3 is 0 Å². The van der Waals surface area contributed by atoms with Crippen LogP contribution in [0.5, 0.6) is 0 Å². The first-order valence-electron chi connectivity index (χ1n) is 5.14. The molecule has 1 aliphatic carbocycles. The number of rotatable bonds is 3. The fraction of sp³-hybridized carbons (Fsp3) is 0.600. The van der Waals surface area contributed by atoms with Gasteiger partial charge in [0.25, 0.3) is 0 Å². The molecule has 0 bridgehead atoms. The van der Waals surface area contributed by atoms with E-state index in [1.165, 1.54) is 0 Å². The zero-order chi connectivity index (χ0) is 11.7. The highest BCUT2D eigenvalue weighted by molar-refractivity contribution is 6.33. The first-order valence-corrected chi connectivity index (χ1v) is 5.89. The van der Waals surface area contributed by atoms with Gasteiger partial charge in [0.05, 0.1) is 11.8 Å². The van der Waals surface area contributed by atoms with Crippen LogP contribution < -0.4 is 4.90 Å². The predicted molar refractivity (Wildman–Crippen MR) is 64.1 cm³/mol. The van der Waals surface area contributed by atoms with Crippen LogP contribution in [0.4, 0.5) is 5.69 Å². The number of nitrogens with zero attached hydrogens (tertiary/aromatic N) is 3. The molecule has 0 spiro atoms. The molecule has 1 fully saturated rings. The Labute approximate surface area is 104 Å². The number of aliphatic hydroxyl groups is 1. The number of halogens is 2. The number of hydrogen-bond acceptors (Lipinski definition) is 4. The van der Waals surface area contributed by atoms with Gasteiger partial charge in [-0.2, -0.15) is 0 Å². The Bertz CT molecular complexity index is 382. The second kappa shape index (κ2) is 4.73. The lowest BCUT2D eigenvalue weighted by atomic mass is 9.82. The van der Waals surface area contributed by atoms with Gasteiger partial charge in [0.1, 0.15) is 0 Å². The molecule has 1 heterocycles. The summed E-state index contributed by atoms with van der Waals surface area (Å²) in [7, 11) is 1.93. The van der Waals surface area contributed by atoms with Crippen molar-refractivity contribution in [2.45, 2.75) is 18.9 Å². The Hall–Kier alpha value is -0.580. The Balaban J connectivity index is 2.02. The van der Waals surface area contributed by atoms with Gasteiger partial charge in [-0.3, -0.25) is 0 Å². The van der Waals surface area contributed by atoms with Gasteiger partial charge in [0.2, 0.25) is 0 Å². The summed E-state index contributed by atoms with van der Waals surface area (Å²) in [4.78, 5) is 2.00. The number of aromatic nitrogens is 2. The minimum absolute atomic E-state index is 0.131. The van der Waals surface area contributed by atoms with E-state index < -0.39 is 0 Å². The molecule has 0 unspecified atom stereocenters. The molecule has 0 radical (unpaired) electrons. The van der Waals surface area contributed by atoms with Crippen LogP contribution in [0.15, 0.2) is 6.07 Å². The fourth-order valence-electron chi connectivity index (χ4n) is 1.95. The first-order chi connectivity index (χ1) is 7.56. The van der Waals surface area contributed by atoms with Crippen molar-refractivity contribution in [2.24, 2.45) is 5.92 Å². The maximum Gasteiger partial charge on any atom is 0.175 e. The van der Waals surface area contributed by atoms with E-state index in [2.05, 4.69) is 10.2 Å². The fourth-order valence-corrected chi connectivity index (χ4v) is 2.32. The van der Waals surface area contributed by atoms with Crippen LogP contribution >= 0.6 is 23.2 Å². The molecule has 1 saturated carbocycles. The molecule has 1 aliphatic rings. The summed E-state index contributed by atoms with van der Waals surface area (Å²) >= 11 is 11.7. The highest BCUT2D eigenvalue weighted by Crippen LogP contribution is 2.31. The van der Waals surface area contributed by atoms with Crippen LogP contribution in [-0.4, -0.2) is 35.0 Å². The molecule has 1 aromatic rings. The number of hydrogen-bond donors (Lipinski definition) is 1. The molecule has 0 aliphatic heterocycles. The summed E-state index contributed by atoms with van der Waals surface area (Å²) in [5.41, 5.74) is 0.781. The van der Waals surface area contributed by atoms with Gasteiger partial charge in [-0.25, -0.2) is 0 Å². The first kappa shape index (κ1) is 11.9. The summed E-state index contributed by atoms with van der Waals surface area (Å²) in [6, 6.07) is 1.70. The van der Waals surface area contributed by atoms with Crippen LogP contribution in [0.25, 0.3) is 0 Å². The Morgan fingerprint density at radius 3 is 2.75 bits per heavy atom. The van der Waals surface area contributed by atoms with Gasteiger partial charge < -0.3 is 10.0 Å². The summed E-state index contributed by atoms with van der Waals surface area (Å²) in [5.74, 6) is 0.517. The molecular formula is C10H13Cl2N3O. The van der Waals surface area contributed by atoms with Gasteiger partial charge in [0.15, 0.2) is 10.3 Å². The average molecular weight is 262 g/mol. The van der Waals surface area contributed by atoms with E-state index in [-0.39, 0.29) is 6.10 Å². The minimum atomic E-state index is -0.131. The second-order valence-corrected chi connectivity index (χ2v) is 4.96. The van der Waals surface area contributed by atoms with Crippen molar-refractivity contribution in [3.8, 4) is 0 Å². The summed E-state index contributed by atoms with van der Waals surface area (Å²) < 4.78 is 0. The topological polar surface area (TPSA) is 49.2 Å². The van der Waals surface area contributed by atoms with E-state index in [1.54, 1.807) is 6.07 Å². The van der Waals surface area contributed by atoms with E-state index >= 15 is 0 Å². The minimum Gasteiger partial charge on any atom is -0.393 e. The molecule has 16 heavy (non-hydrogen) atoms. The average Bonchev–Trinajstić information content (AvgIpc) is 2.19. The predicted octanol–water partition coefficient (Wildman–Crippen LogP) is 1.99. The van der Waals surface area contributed by atoms with Crippen LogP contribution in [0.3, 0.4) is 0 Å². The zero-order valence-electron chi connectivity index (χ0n) is 8.90. The van der Waals surface area contributed by atoms with Crippen LogP contribution in [0.1, 0.15) is 12.8 Å². The summed E-state index contributed by atoms with van der Waals surface area (Å²) in [6.07, 6.45) is 1.58. The third-order valence-electron chi connectivity index (χ3n) is 2.85. The van der Waals surface area contributed by atoms with E-state index in [4.69, 9.17) is 23.2 Å². The SMILES string of the molecule is CN(CC1CC(O)C1)c1cc(Cl)nnc1Cl. The Kier molecular flexibility index (Phi) is 3.52. The third-order valence-corrected chi connectivity index (χ3v) is 3.31. The molecule has 4 nitrogen and oxygen atoms in total. The van der Waals surface area contributed by atoms with Crippen molar-refractivity contribution in [3.05, 3.63) is 16.4 Å². The lowest BCUT2D eigenvalue weighted by molar-refractivity contribution is 0.0465. The standard InChI is InChI=1S/C10H13Cl2N3O/c1-15(5-6-2-7(16)3-6)8-4-9(11)13-14-10(8)12/h4,6-7,16H,2-3,5H2,1H3. The maximum atomic E-state index is 9.21. The molecule has 0 aromatic carbocycles. The molecular weight excluding hydrogens is 249 g/mol. The van der Waals surface area contributed by atoms with E-state index in [9.17, 15) is 5.11 Å². The van der Waals surface area contributed by atoms with E-state index in [0.717, 1.165) is 25.1 Å². The van der Waals surface area contributed by atoms with Crippen molar-refractivity contribution in [2.75, 3.05) is 18.5 Å². The largest absolute Gasteiger partial charge is 0.393 e. The summed E-state index contributed by atoms with van der Waals surface area (Å²) in [6.45, 7) is 0.846. The van der Waals surface area contributed by atoms with Crippen LogP contribution in [0, 0.1) is 5.92 Å². The van der Waals surface area contributed by atoms with Gasteiger partial charge in [0, 0.05) is 19.7 Å². The van der Waals surface area contributed by atoms with Crippen molar-refractivity contribution < 1.29 is 5.11 Å². The quantitative estimate of drug-likeness (QED) is 0.905. The summed E-state index contributed by atoms with van der Waals surface area (Å²) in [5, 5.41) is 17.3. The molecule has 2 rings (SSSR count). The van der Waals surface area contributed by atoms with Gasteiger partial charge in [-0.1, -0.05) is 23.2 Å². The van der Waals surface area contributed by atoms with E-state index in [1.807, 2.05) is 11.9 Å². The van der Waals surface area contributed by atoms with Gasteiger partial charge in [-0.05, 0) is 18.8 Å². The van der Waals surface area contributed by atoms with Crippen LogP contribution in [0.2, 0.25) is 10.3 Å². The lowest BCUT2D eigenvalue weighted by Gasteiger charge is -2.35. The molecule has 6 heteroatoms. The maximum absolute atomic E-state index is 9.21. The zero-order valence-corrected chi connectivity index (χ0v) is 10.4. The van der Waals surface area contributed by atoms with Crippen LogP contribution in [-0.2, 0) is 0 Å². The van der Waals surface area contributed by atoms with Crippen molar-refractivity contribution in [1.82, 2.24) is 10.2 Å². The number of aliphatic hydroxyl groups excluding tert-OH is 1. The smallest absolute Gasteiger partial charge is 0.175 e. The van der Waals surface area contributed by atoms with Crippen molar-refractivity contribution in [3.63, 3.8) is 0 Å². The van der Waals surface area contributed by atoms with Gasteiger partial charge in [-0.15, -0.1) is 10.2 Å². The monoisotopic (exact) mass is 261 g/mol. The third kappa shape index (κ3) is 2.56. The Morgan fingerprint density at radius 2 is 2.12 bits per heavy atom. The highest BCUT2D eigenvalue weighted by Gasteiger charge is 2.28.